The van der Waals surface area contributed by atoms with Gasteiger partial charge in [-0.15, -0.1) is 0 Å². The van der Waals surface area contributed by atoms with Crippen molar-refractivity contribution in [2.75, 3.05) is 33.4 Å². The molecule has 1 aliphatic heterocycles. The van der Waals surface area contributed by atoms with Crippen molar-refractivity contribution in [3.63, 3.8) is 0 Å². The van der Waals surface area contributed by atoms with Gasteiger partial charge in [0.25, 0.3) is 0 Å². The van der Waals surface area contributed by atoms with Crippen LogP contribution in [0.5, 0.6) is 0 Å². The maximum atomic E-state index is 13.1. The van der Waals surface area contributed by atoms with Gasteiger partial charge >= 0.3 is 6.18 Å². The highest BCUT2D eigenvalue weighted by molar-refractivity contribution is 5.02. The number of rotatable bonds is 14. The molecule has 0 spiro atoms. The Labute approximate surface area is 193 Å². The second-order valence-corrected chi connectivity index (χ2v) is 9.36. The van der Waals surface area contributed by atoms with Gasteiger partial charge in [0.2, 0.25) is 0 Å². The molecule has 2 unspecified atom stereocenters. The minimum Gasteiger partial charge on any atom is -0.380 e. The summed E-state index contributed by atoms with van der Waals surface area (Å²) in [6.07, 6.45) is 8.53. The zero-order valence-electron chi connectivity index (χ0n) is 20.1. The van der Waals surface area contributed by atoms with Crippen LogP contribution in [0.1, 0.15) is 71.1 Å². The topological polar surface area (TPSA) is 36.5 Å². The van der Waals surface area contributed by atoms with Crippen LogP contribution in [0.25, 0.3) is 0 Å². The molecule has 4 nitrogen and oxygen atoms in total. The zero-order valence-corrected chi connectivity index (χ0v) is 20.1. The van der Waals surface area contributed by atoms with Crippen molar-refractivity contribution in [2.45, 2.75) is 89.5 Å². The number of hydrogen-bond acceptors (Lipinski definition) is 4. The molecule has 2 atom stereocenters. The quantitative estimate of drug-likeness (QED) is 0.261. The Morgan fingerprint density at radius 1 is 1.19 bits per heavy atom. The van der Waals surface area contributed by atoms with E-state index >= 15 is 0 Å². The lowest BCUT2D eigenvalue weighted by atomic mass is 9.77. The van der Waals surface area contributed by atoms with E-state index in [9.17, 15) is 13.2 Å². The Kier molecular flexibility index (Phi) is 12.1. The number of methoxy groups -OCH3 is 1. The third-order valence-corrected chi connectivity index (χ3v) is 7.08. The summed E-state index contributed by atoms with van der Waals surface area (Å²) < 4.78 is 44.4. The van der Waals surface area contributed by atoms with Crippen LogP contribution in [0.15, 0.2) is 24.4 Å². The second-order valence-electron chi connectivity index (χ2n) is 9.36. The molecule has 0 bridgehead atoms. The van der Waals surface area contributed by atoms with Gasteiger partial charge < -0.3 is 15.4 Å². The first-order valence-corrected chi connectivity index (χ1v) is 12.5. The lowest BCUT2D eigenvalue weighted by Gasteiger charge is -2.40. The average Bonchev–Trinajstić information content (AvgIpc) is 3.25. The van der Waals surface area contributed by atoms with Crippen molar-refractivity contribution in [3.05, 3.63) is 24.4 Å². The normalized spacial score (nSPS) is 26.3. The predicted molar refractivity (Wildman–Crippen MR) is 125 cm³/mol. The Morgan fingerprint density at radius 2 is 1.94 bits per heavy atom. The maximum absolute atomic E-state index is 13.1. The standard InChI is InChI=1S/C25H44F3N3O/c1-4-8-20(19-32-3)9-6-16-29-17-15-24(30-5-2)31-18-7-10-23(31)21-11-13-22(14-12-21)25(26,27)28/h5,9,21-24,29-30H,2,4,6-8,10-19H2,1,3H3/b20-9+. The fourth-order valence-electron chi connectivity index (χ4n) is 5.50. The van der Waals surface area contributed by atoms with E-state index in [0.29, 0.717) is 31.4 Å². The smallest absolute Gasteiger partial charge is 0.380 e. The minimum atomic E-state index is -4.03. The van der Waals surface area contributed by atoms with Crippen LogP contribution in [0.3, 0.4) is 0 Å². The maximum Gasteiger partial charge on any atom is 0.391 e. The number of likely N-dealkylation sites (tertiary alicyclic amines) is 1. The largest absolute Gasteiger partial charge is 0.391 e. The minimum absolute atomic E-state index is 0.188. The van der Waals surface area contributed by atoms with Crippen molar-refractivity contribution in [2.24, 2.45) is 11.8 Å². The molecule has 186 valence electrons. The van der Waals surface area contributed by atoms with E-state index in [1.807, 2.05) is 0 Å². The van der Waals surface area contributed by atoms with Crippen LogP contribution in [0.2, 0.25) is 0 Å². The van der Waals surface area contributed by atoms with E-state index in [4.69, 9.17) is 4.74 Å². The fraction of sp³-hybridized carbons (Fsp3) is 0.840. The van der Waals surface area contributed by atoms with Crippen molar-refractivity contribution in [1.82, 2.24) is 15.5 Å². The average molecular weight is 460 g/mol. The predicted octanol–water partition coefficient (Wildman–Crippen LogP) is 5.62. The molecular formula is C25H44F3N3O. The van der Waals surface area contributed by atoms with Crippen molar-refractivity contribution in [1.29, 1.82) is 0 Å². The number of nitrogens with zero attached hydrogens (tertiary/aromatic N) is 1. The van der Waals surface area contributed by atoms with Gasteiger partial charge in [-0.2, -0.15) is 13.2 Å². The van der Waals surface area contributed by atoms with Gasteiger partial charge in [0, 0.05) is 19.7 Å². The molecule has 2 fully saturated rings. The van der Waals surface area contributed by atoms with Gasteiger partial charge in [0.15, 0.2) is 0 Å². The molecule has 0 aromatic heterocycles. The summed E-state index contributed by atoms with van der Waals surface area (Å²) in [5, 5.41) is 6.95. The van der Waals surface area contributed by atoms with E-state index in [0.717, 1.165) is 58.2 Å². The number of hydrogen-bond donors (Lipinski definition) is 2. The van der Waals surface area contributed by atoms with Gasteiger partial charge in [-0.25, -0.2) is 0 Å². The summed E-state index contributed by atoms with van der Waals surface area (Å²) in [6, 6.07) is 0.384. The van der Waals surface area contributed by atoms with Gasteiger partial charge in [-0.05, 0) is 88.6 Å². The summed E-state index contributed by atoms with van der Waals surface area (Å²) in [7, 11) is 1.74. The number of alkyl halides is 3. The monoisotopic (exact) mass is 459 g/mol. The highest BCUT2D eigenvalue weighted by atomic mass is 19.4. The lowest BCUT2D eigenvalue weighted by molar-refractivity contribution is -0.185. The number of halogens is 3. The molecule has 1 saturated heterocycles. The van der Waals surface area contributed by atoms with Crippen LogP contribution in [-0.2, 0) is 4.74 Å². The van der Waals surface area contributed by atoms with Gasteiger partial charge in [-0.1, -0.05) is 26.0 Å². The first-order valence-electron chi connectivity index (χ1n) is 12.5. The van der Waals surface area contributed by atoms with Gasteiger partial charge in [-0.3, -0.25) is 4.90 Å². The van der Waals surface area contributed by atoms with E-state index in [1.165, 1.54) is 5.57 Å². The van der Waals surface area contributed by atoms with Crippen LogP contribution in [-0.4, -0.2) is 56.6 Å². The summed E-state index contributed by atoms with van der Waals surface area (Å²) in [4.78, 5) is 2.50. The second kappa shape index (κ2) is 14.3. The molecule has 1 saturated carbocycles. The summed E-state index contributed by atoms with van der Waals surface area (Å²) >= 11 is 0. The van der Waals surface area contributed by atoms with Crippen LogP contribution in [0, 0.1) is 11.8 Å². The first-order chi connectivity index (χ1) is 15.4. The molecule has 32 heavy (non-hydrogen) atoms. The SMILES string of the molecule is C=CNC(CCNCC/C=C(\CCC)COC)N1CCCC1C1CCC(C(F)(F)F)CC1. The van der Waals surface area contributed by atoms with Crippen LogP contribution < -0.4 is 10.6 Å². The van der Waals surface area contributed by atoms with E-state index in [-0.39, 0.29) is 19.0 Å². The fourth-order valence-corrected chi connectivity index (χ4v) is 5.50. The Bertz CT molecular complexity index is 551. The molecule has 1 heterocycles. The molecule has 2 rings (SSSR count). The van der Waals surface area contributed by atoms with Crippen molar-refractivity contribution < 1.29 is 17.9 Å². The van der Waals surface area contributed by atoms with Gasteiger partial charge in [0.1, 0.15) is 0 Å². The van der Waals surface area contributed by atoms with E-state index in [1.54, 1.807) is 13.3 Å². The van der Waals surface area contributed by atoms with E-state index < -0.39 is 12.1 Å². The molecule has 1 aliphatic carbocycles. The van der Waals surface area contributed by atoms with Crippen LogP contribution >= 0.6 is 0 Å². The Morgan fingerprint density at radius 3 is 2.56 bits per heavy atom. The molecule has 0 radical (unpaired) electrons. The van der Waals surface area contributed by atoms with Crippen molar-refractivity contribution in [3.8, 4) is 0 Å². The molecule has 0 aromatic carbocycles. The Balaban J connectivity index is 1.79. The number of ether oxygens (including phenoxy) is 1. The summed E-state index contributed by atoms with van der Waals surface area (Å²) in [6.45, 7) is 9.59. The molecule has 2 N–H and O–H groups in total. The van der Waals surface area contributed by atoms with E-state index in [2.05, 4.69) is 35.1 Å². The third kappa shape index (κ3) is 8.71. The highest BCUT2D eigenvalue weighted by Crippen LogP contribution is 2.43. The summed E-state index contributed by atoms with van der Waals surface area (Å²) in [5.41, 5.74) is 1.36. The molecule has 0 amide bonds. The zero-order chi connectivity index (χ0) is 23.4. The Hall–Kier alpha value is -1.05. The molecular weight excluding hydrogens is 415 g/mol. The molecule has 0 aromatic rings. The molecule has 7 heteroatoms. The first kappa shape index (κ1) is 27.2. The van der Waals surface area contributed by atoms with Crippen LogP contribution in [0.4, 0.5) is 13.2 Å². The van der Waals surface area contributed by atoms with Crippen molar-refractivity contribution >= 4 is 0 Å². The van der Waals surface area contributed by atoms with Gasteiger partial charge in [0.05, 0.1) is 18.7 Å². The highest BCUT2D eigenvalue weighted by Gasteiger charge is 2.44. The summed E-state index contributed by atoms with van der Waals surface area (Å²) in [5.74, 6) is -0.725. The number of nitrogens with one attached hydrogen (secondary N) is 2. The lowest BCUT2D eigenvalue weighted by Crippen LogP contribution is -2.50. The third-order valence-electron chi connectivity index (χ3n) is 7.08. The molecule has 2 aliphatic rings.